The van der Waals surface area contributed by atoms with Gasteiger partial charge in [-0.2, -0.15) is 0 Å². The number of nitrogens with zero attached hydrogens (tertiary/aromatic N) is 1. The highest BCUT2D eigenvalue weighted by atomic mass is 35.6. The number of alkyl halides is 3. The van der Waals surface area contributed by atoms with E-state index in [1.165, 1.54) is 4.90 Å². The van der Waals surface area contributed by atoms with Crippen molar-refractivity contribution in [3.8, 4) is 0 Å². The van der Waals surface area contributed by atoms with Gasteiger partial charge in [-0.3, -0.25) is 9.69 Å². The summed E-state index contributed by atoms with van der Waals surface area (Å²) >= 11 is 16.1. The lowest BCUT2D eigenvalue weighted by Gasteiger charge is -2.16. The predicted octanol–water partition coefficient (Wildman–Crippen LogP) is 0.883. The molecule has 1 rings (SSSR count). The number of carbonyl (C=O) groups is 2. The maximum Gasteiger partial charge on any atom is 0.411 e. The van der Waals surface area contributed by atoms with E-state index in [-0.39, 0.29) is 25.7 Å². The fourth-order valence-electron chi connectivity index (χ4n) is 0.833. The van der Waals surface area contributed by atoms with Gasteiger partial charge in [-0.15, -0.1) is 0 Å². The third kappa shape index (κ3) is 3.77. The van der Waals surface area contributed by atoms with Crippen LogP contribution in [0.25, 0.3) is 0 Å². The fourth-order valence-corrected chi connectivity index (χ4v) is 0.996. The second kappa shape index (κ2) is 4.42. The predicted molar refractivity (Wildman–Crippen MR) is 51.4 cm³/mol. The highest BCUT2D eigenvalue weighted by molar-refractivity contribution is 6.67. The maximum atomic E-state index is 11.2. The van der Waals surface area contributed by atoms with Gasteiger partial charge in [-0.25, -0.2) is 4.79 Å². The summed E-state index contributed by atoms with van der Waals surface area (Å²) in [4.78, 5) is 23.1. The molecule has 0 spiro atoms. The summed E-state index contributed by atoms with van der Waals surface area (Å²) < 4.78 is 3.01. The number of halogens is 3. The molecule has 14 heavy (non-hydrogen) atoms. The van der Waals surface area contributed by atoms with Crippen molar-refractivity contribution in [1.82, 2.24) is 10.2 Å². The molecule has 5 nitrogen and oxygen atoms in total. The number of ether oxygens (including phenoxy) is 1. The van der Waals surface area contributed by atoms with Gasteiger partial charge in [0.15, 0.2) is 0 Å². The van der Waals surface area contributed by atoms with Crippen LogP contribution in [0.5, 0.6) is 0 Å². The molecule has 80 valence electrons. The Kier molecular flexibility index (Phi) is 3.69. The molecular formula is C6H7Cl3N2O3. The third-order valence-electron chi connectivity index (χ3n) is 1.42. The molecule has 0 bridgehead atoms. The van der Waals surface area contributed by atoms with Gasteiger partial charge in [-0.05, 0) is 0 Å². The highest BCUT2D eigenvalue weighted by Crippen LogP contribution is 2.26. The molecule has 1 saturated heterocycles. The number of nitrogens with one attached hydrogen (secondary N) is 1. The Morgan fingerprint density at radius 2 is 2.21 bits per heavy atom. The summed E-state index contributed by atoms with van der Waals surface area (Å²) in [5.41, 5.74) is 0. The quantitative estimate of drug-likeness (QED) is 0.713. The van der Waals surface area contributed by atoms with E-state index in [9.17, 15) is 9.59 Å². The molecule has 0 aromatic rings. The van der Waals surface area contributed by atoms with Crippen LogP contribution in [-0.2, 0) is 9.53 Å². The lowest BCUT2D eigenvalue weighted by molar-refractivity contribution is -0.118. The van der Waals surface area contributed by atoms with Crippen LogP contribution in [0.2, 0.25) is 0 Å². The summed E-state index contributed by atoms with van der Waals surface area (Å²) in [6, 6.07) is 0. The Balaban J connectivity index is 2.32. The Bertz CT molecular complexity index is 253. The molecule has 1 N–H and O–H groups in total. The monoisotopic (exact) mass is 260 g/mol. The topological polar surface area (TPSA) is 58.6 Å². The van der Waals surface area contributed by atoms with Gasteiger partial charge in [0.1, 0.15) is 13.2 Å². The molecule has 0 aromatic carbocycles. The summed E-state index contributed by atoms with van der Waals surface area (Å²) in [7, 11) is 0. The van der Waals surface area contributed by atoms with E-state index < -0.39 is 9.89 Å². The van der Waals surface area contributed by atoms with Gasteiger partial charge in [0.25, 0.3) is 0 Å². The number of hydrogen-bond acceptors (Lipinski definition) is 3. The summed E-state index contributed by atoms with van der Waals surface area (Å²) in [6.07, 6.45) is -0.685. The highest BCUT2D eigenvalue weighted by Gasteiger charge is 2.28. The lowest BCUT2D eigenvalue weighted by Crippen LogP contribution is -2.32. The fraction of sp³-hybridized carbons (Fsp3) is 0.667. The molecule has 2 amide bonds. The first kappa shape index (κ1) is 11.7. The minimum Gasteiger partial charge on any atom is -0.445 e. The molecule has 8 heteroatoms. The Morgan fingerprint density at radius 3 is 2.64 bits per heavy atom. The van der Waals surface area contributed by atoms with Crippen LogP contribution in [0.4, 0.5) is 4.79 Å². The molecular weight excluding hydrogens is 254 g/mol. The SMILES string of the molecule is O=C1CN(C(=O)OCC(Cl)(Cl)Cl)CN1. The summed E-state index contributed by atoms with van der Waals surface area (Å²) in [6.45, 7) is -0.253. The van der Waals surface area contributed by atoms with E-state index in [2.05, 4.69) is 10.1 Å². The molecule has 1 heterocycles. The lowest BCUT2D eigenvalue weighted by atomic mass is 10.6. The largest absolute Gasteiger partial charge is 0.445 e. The van der Waals surface area contributed by atoms with Crippen LogP contribution in [0.1, 0.15) is 0 Å². The van der Waals surface area contributed by atoms with Gasteiger partial charge in [-0.1, -0.05) is 34.8 Å². The van der Waals surface area contributed by atoms with Crippen molar-refractivity contribution < 1.29 is 14.3 Å². The first-order valence-corrected chi connectivity index (χ1v) is 4.77. The van der Waals surface area contributed by atoms with Crippen molar-refractivity contribution in [2.45, 2.75) is 3.79 Å². The average molecular weight is 261 g/mol. The molecule has 0 radical (unpaired) electrons. The minimum atomic E-state index is -1.63. The second-order valence-electron chi connectivity index (χ2n) is 2.63. The normalized spacial score (nSPS) is 16.8. The first-order chi connectivity index (χ1) is 6.38. The summed E-state index contributed by atoms with van der Waals surface area (Å²) in [5, 5.41) is 2.43. The molecule has 0 atom stereocenters. The number of hydrogen-bond donors (Lipinski definition) is 1. The molecule has 0 aromatic heterocycles. The van der Waals surface area contributed by atoms with Crippen LogP contribution in [0.3, 0.4) is 0 Å². The van der Waals surface area contributed by atoms with Gasteiger partial charge in [0.2, 0.25) is 9.70 Å². The summed E-state index contributed by atoms with van der Waals surface area (Å²) in [5.74, 6) is -0.240. The molecule has 0 saturated carbocycles. The maximum absolute atomic E-state index is 11.2. The number of rotatable bonds is 1. The van der Waals surface area contributed by atoms with Crippen LogP contribution in [0, 0.1) is 0 Å². The molecule has 0 unspecified atom stereocenters. The molecule has 1 aliphatic heterocycles. The third-order valence-corrected chi connectivity index (χ3v) is 1.75. The van der Waals surface area contributed by atoms with E-state index in [4.69, 9.17) is 34.8 Å². The molecule has 1 aliphatic rings. The van der Waals surface area contributed by atoms with Crippen LogP contribution < -0.4 is 5.32 Å². The van der Waals surface area contributed by atoms with Crippen molar-refractivity contribution in [3.63, 3.8) is 0 Å². The van der Waals surface area contributed by atoms with Crippen LogP contribution >= 0.6 is 34.8 Å². The van der Waals surface area contributed by atoms with Crippen molar-refractivity contribution >= 4 is 46.8 Å². The van der Waals surface area contributed by atoms with Gasteiger partial charge >= 0.3 is 6.09 Å². The van der Waals surface area contributed by atoms with Gasteiger partial charge in [0, 0.05) is 0 Å². The van der Waals surface area contributed by atoms with Gasteiger partial charge < -0.3 is 10.1 Å². The van der Waals surface area contributed by atoms with Crippen molar-refractivity contribution in [2.75, 3.05) is 19.8 Å². The Labute approximate surface area is 95.2 Å². The average Bonchev–Trinajstić information content (AvgIpc) is 2.46. The van der Waals surface area contributed by atoms with Crippen molar-refractivity contribution in [1.29, 1.82) is 0 Å². The van der Waals surface area contributed by atoms with Crippen molar-refractivity contribution in [3.05, 3.63) is 0 Å². The molecule has 0 aliphatic carbocycles. The van der Waals surface area contributed by atoms with E-state index in [1.807, 2.05) is 0 Å². The zero-order chi connectivity index (χ0) is 10.8. The Hall–Kier alpha value is -0.390. The van der Waals surface area contributed by atoms with E-state index in [1.54, 1.807) is 0 Å². The van der Waals surface area contributed by atoms with E-state index in [0.29, 0.717) is 0 Å². The Morgan fingerprint density at radius 1 is 1.57 bits per heavy atom. The van der Waals surface area contributed by atoms with Crippen LogP contribution in [0.15, 0.2) is 0 Å². The van der Waals surface area contributed by atoms with Crippen molar-refractivity contribution in [2.24, 2.45) is 0 Å². The standard InChI is InChI=1S/C6H7Cl3N2O3/c7-6(8,9)2-14-5(13)11-1-4(12)10-3-11/h1-3H2,(H,10,12). The first-order valence-electron chi connectivity index (χ1n) is 3.63. The zero-order valence-corrected chi connectivity index (χ0v) is 9.19. The minimum absolute atomic E-state index is 0.0291. The van der Waals surface area contributed by atoms with Gasteiger partial charge in [0.05, 0.1) is 6.67 Å². The van der Waals surface area contributed by atoms with E-state index >= 15 is 0 Å². The molecule has 1 fully saturated rings. The van der Waals surface area contributed by atoms with E-state index in [0.717, 1.165) is 0 Å². The zero-order valence-electron chi connectivity index (χ0n) is 6.93. The number of amides is 2. The number of carbonyl (C=O) groups excluding carboxylic acids is 2. The van der Waals surface area contributed by atoms with Crippen LogP contribution in [-0.4, -0.2) is 40.5 Å². The second-order valence-corrected chi connectivity index (χ2v) is 5.14. The smallest absolute Gasteiger partial charge is 0.411 e.